The van der Waals surface area contributed by atoms with Gasteiger partial charge in [-0.05, 0) is 32.2 Å². The van der Waals surface area contributed by atoms with Crippen molar-refractivity contribution in [3.63, 3.8) is 0 Å². The molecule has 31 heavy (non-hydrogen) atoms. The molecule has 0 aromatic rings. The lowest BCUT2D eigenvalue weighted by Gasteiger charge is -2.20. The molecule has 14 heteroatoms. The van der Waals surface area contributed by atoms with Crippen LogP contribution in [0.5, 0.6) is 0 Å². The van der Waals surface area contributed by atoms with Gasteiger partial charge < -0.3 is 42.7 Å². The van der Waals surface area contributed by atoms with Crippen LogP contribution in [0.25, 0.3) is 0 Å². The molecule has 0 aromatic heterocycles. The van der Waals surface area contributed by atoms with Crippen LogP contribution >= 0.6 is 0 Å². The molecule has 176 valence electrons. The second kappa shape index (κ2) is 14.7. The fourth-order valence-corrected chi connectivity index (χ4v) is 2.36. The zero-order valence-electron chi connectivity index (χ0n) is 16.8. The summed E-state index contributed by atoms with van der Waals surface area (Å²) in [6, 6.07) is -4.05. The van der Waals surface area contributed by atoms with Crippen molar-refractivity contribution < 1.29 is 44.1 Å². The number of rotatable bonds is 16. The fraction of sp³-hybridized carbons (Fsp3) is 0.647. The quantitative estimate of drug-likeness (QED) is 0.110. The van der Waals surface area contributed by atoms with Gasteiger partial charge in [0, 0.05) is 6.42 Å². The van der Waals surface area contributed by atoms with Gasteiger partial charge in [-0.15, -0.1) is 0 Å². The molecular formula is C17H29N5O9. The molecule has 0 bridgehead atoms. The van der Waals surface area contributed by atoms with Crippen molar-refractivity contribution >= 4 is 35.6 Å². The van der Waals surface area contributed by atoms with Crippen LogP contribution in [0.4, 0.5) is 0 Å². The molecule has 3 unspecified atom stereocenters. The Kier molecular flexibility index (Phi) is 13.1. The number of carbonyl (C=O) groups excluding carboxylic acids is 3. The summed E-state index contributed by atoms with van der Waals surface area (Å²) < 4.78 is 0. The summed E-state index contributed by atoms with van der Waals surface area (Å²) in [6.07, 6.45) is -0.318. The van der Waals surface area contributed by atoms with Gasteiger partial charge in [0.25, 0.3) is 0 Å². The second-order valence-electron chi connectivity index (χ2n) is 6.66. The Morgan fingerprint density at radius 3 is 1.97 bits per heavy atom. The maximum Gasteiger partial charge on any atom is 0.326 e. The van der Waals surface area contributed by atoms with Crippen molar-refractivity contribution in [1.29, 1.82) is 0 Å². The summed E-state index contributed by atoms with van der Waals surface area (Å²) in [5.41, 5.74) is 10.8. The molecule has 0 heterocycles. The largest absolute Gasteiger partial charge is 0.481 e. The molecule has 14 nitrogen and oxygen atoms in total. The SMILES string of the molecule is NCCCCC(NC(=O)C(CC(=O)O)NC(=O)CNC(=O)C(N)CCC(=O)O)C(=O)O. The normalized spacial score (nSPS) is 13.4. The van der Waals surface area contributed by atoms with E-state index in [-0.39, 0.29) is 19.3 Å². The molecule has 0 aliphatic rings. The first-order chi connectivity index (χ1) is 14.5. The predicted molar refractivity (Wildman–Crippen MR) is 105 cm³/mol. The zero-order chi connectivity index (χ0) is 24.0. The van der Waals surface area contributed by atoms with Crippen molar-refractivity contribution in [3.8, 4) is 0 Å². The summed E-state index contributed by atoms with van der Waals surface area (Å²) in [4.78, 5) is 68.8. The fourth-order valence-electron chi connectivity index (χ4n) is 2.36. The van der Waals surface area contributed by atoms with E-state index in [9.17, 15) is 33.9 Å². The minimum Gasteiger partial charge on any atom is -0.481 e. The number of hydrogen-bond donors (Lipinski definition) is 8. The van der Waals surface area contributed by atoms with Gasteiger partial charge in [0.2, 0.25) is 17.7 Å². The van der Waals surface area contributed by atoms with E-state index < -0.39 is 66.7 Å². The molecular weight excluding hydrogens is 418 g/mol. The van der Waals surface area contributed by atoms with Crippen molar-refractivity contribution in [2.45, 2.75) is 56.7 Å². The molecule has 10 N–H and O–H groups in total. The number of hydrogen-bond acceptors (Lipinski definition) is 8. The molecule has 0 rings (SSSR count). The number of nitrogens with one attached hydrogen (secondary N) is 3. The van der Waals surface area contributed by atoms with Crippen molar-refractivity contribution in [1.82, 2.24) is 16.0 Å². The molecule has 3 atom stereocenters. The van der Waals surface area contributed by atoms with E-state index in [4.69, 9.17) is 21.7 Å². The smallest absolute Gasteiger partial charge is 0.326 e. The average Bonchev–Trinajstić information content (AvgIpc) is 2.68. The lowest BCUT2D eigenvalue weighted by atomic mass is 10.1. The van der Waals surface area contributed by atoms with Crippen LogP contribution in [0.1, 0.15) is 38.5 Å². The first-order valence-corrected chi connectivity index (χ1v) is 9.47. The molecule has 0 aliphatic carbocycles. The third-order valence-electron chi connectivity index (χ3n) is 4.02. The Balaban J connectivity index is 4.84. The number of carbonyl (C=O) groups is 6. The Hall–Kier alpha value is -3.26. The van der Waals surface area contributed by atoms with E-state index in [1.165, 1.54) is 0 Å². The monoisotopic (exact) mass is 447 g/mol. The number of nitrogens with two attached hydrogens (primary N) is 2. The first kappa shape index (κ1) is 27.7. The highest BCUT2D eigenvalue weighted by Gasteiger charge is 2.28. The van der Waals surface area contributed by atoms with Crippen LogP contribution in [-0.2, 0) is 28.8 Å². The molecule has 0 fully saturated rings. The molecule has 0 saturated carbocycles. The number of carboxylic acids is 3. The van der Waals surface area contributed by atoms with E-state index in [1.54, 1.807) is 0 Å². The van der Waals surface area contributed by atoms with Gasteiger partial charge in [-0.25, -0.2) is 4.79 Å². The number of unbranched alkanes of at least 4 members (excludes halogenated alkanes) is 1. The highest BCUT2D eigenvalue weighted by atomic mass is 16.4. The molecule has 0 aliphatic heterocycles. The Morgan fingerprint density at radius 2 is 1.45 bits per heavy atom. The van der Waals surface area contributed by atoms with Gasteiger partial charge in [-0.2, -0.15) is 0 Å². The highest BCUT2D eigenvalue weighted by Crippen LogP contribution is 2.03. The van der Waals surface area contributed by atoms with Crippen LogP contribution in [0.3, 0.4) is 0 Å². The number of amides is 3. The van der Waals surface area contributed by atoms with E-state index in [1.807, 2.05) is 0 Å². The third kappa shape index (κ3) is 12.8. The summed E-state index contributed by atoms with van der Waals surface area (Å²) >= 11 is 0. The second-order valence-corrected chi connectivity index (χ2v) is 6.66. The van der Waals surface area contributed by atoms with Crippen LogP contribution < -0.4 is 27.4 Å². The van der Waals surface area contributed by atoms with E-state index >= 15 is 0 Å². The Morgan fingerprint density at radius 1 is 0.806 bits per heavy atom. The van der Waals surface area contributed by atoms with E-state index in [0.717, 1.165) is 0 Å². The first-order valence-electron chi connectivity index (χ1n) is 9.47. The zero-order valence-corrected chi connectivity index (χ0v) is 16.8. The lowest BCUT2D eigenvalue weighted by molar-refractivity contribution is -0.143. The van der Waals surface area contributed by atoms with Gasteiger partial charge in [-0.3, -0.25) is 24.0 Å². The minimum atomic E-state index is -1.58. The van der Waals surface area contributed by atoms with Crippen LogP contribution in [0.15, 0.2) is 0 Å². The predicted octanol–water partition coefficient (Wildman–Crippen LogP) is -3.05. The third-order valence-corrected chi connectivity index (χ3v) is 4.02. The molecule has 3 amide bonds. The lowest BCUT2D eigenvalue weighted by Crippen LogP contribution is -2.54. The maximum absolute atomic E-state index is 12.3. The molecule has 0 aromatic carbocycles. The van der Waals surface area contributed by atoms with Gasteiger partial charge in [0.1, 0.15) is 12.1 Å². The number of aliphatic carboxylic acids is 3. The van der Waals surface area contributed by atoms with Crippen LogP contribution in [0, 0.1) is 0 Å². The van der Waals surface area contributed by atoms with Gasteiger partial charge in [0.05, 0.1) is 19.0 Å². The van der Waals surface area contributed by atoms with E-state index in [0.29, 0.717) is 19.4 Å². The average molecular weight is 447 g/mol. The van der Waals surface area contributed by atoms with Crippen LogP contribution in [-0.4, -0.2) is 82.2 Å². The summed E-state index contributed by atoms with van der Waals surface area (Å²) in [5.74, 6) is -6.63. The number of carboxylic acid groups (broad SMARTS) is 3. The van der Waals surface area contributed by atoms with Crippen molar-refractivity contribution in [2.75, 3.05) is 13.1 Å². The Labute approximate surface area is 177 Å². The highest BCUT2D eigenvalue weighted by molar-refractivity contribution is 5.94. The van der Waals surface area contributed by atoms with Crippen LogP contribution in [0.2, 0.25) is 0 Å². The van der Waals surface area contributed by atoms with Gasteiger partial charge in [0.15, 0.2) is 0 Å². The summed E-state index contributed by atoms with van der Waals surface area (Å²) in [6.45, 7) is -0.314. The van der Waals surface area contributed by atoms with Crippen molar-refractivity contribution in [3.05, 3.63) is 0 Å². The topological polar surface area (TPSA) is 251 Å². The molecule has 0 radical (unpaired) electrons. The standard InChI is InChI=1S/C17H29N5O9/c18-6-2-1-3-10(17(30)31)22-16(29)11(7-14(26)27)21-12(23)8-20-15(28)9(19)4-5-13(24)25/h9-11H,1-8,18-19H2,(H,20,28)(H,21,23)(H,22,29)(H,24,25)(H,26,27)(H,30,31). The van der Waals surface area contributed by atoms with E-state index in [2.05, 4.69) is 16.0 Å². The van der Waals surface area contributed by atoms with Gasteiger partial charge >= 0.3 is 17.9 Å². The Bertz CT molecular complexity index is 670. The minimum absolute atomic E-state index is 0.0658. The summed E-state index contributed by atoms with van der Waals surface area (Å²) in [5, 5.41) is 33.1. The molecule has 0 saturated heterocycles. The van der Waals surface area contributed by atoms with Gasteiger partial charge in [-0.1, -0.05) is 0 Å². The summed E-state index contributed by atoms with van der Waals surface area (Å²) in [7, 11) is 0. The van der Waals surface area contributed by atoms with Crippen molar-refractivity contribution in [2.24, 2.45) is 11.5 Å². The maximum atomic E-state index is 12.3. The molecule has 0 spiro atoms.